The van der Waals surface area contributed by atoms with Crippen LogP contribution in [0.15, 0.2) is 212 Å². The molecule has 65 heavy (non-hydrogen) atoms. The number of hydrogen-bond acceptors (Lipinski definition) is 3. The predicted molar refractivity (Wildman–Crippen MR) is 265 cm³/mol. The van der Waals surface area contributed by atoms with E-state index in [0.717, 1.165) is 88.4 Å². The van der Waals surface area contributed by atoms with Crippen molar-refractivity contribution < 1.29 is 0 Å². The number of para-hydroxylation sites is 5. The van der Waals surface area contributed by atoms with Gasteiger partial charge in [0.2, 0.25) is 5.69 Å². The number of fused-ring (bicyclic) bond motifs is 10. The molecule has 0 radical (unpaired) electrons. The Labute approximate surface area is 373 Å². The first-order valence-corrected chi connectivity index (χ1v) is 21.7. The van der Waals surface area contributed by atoms with Gasteiger partial charge in [-0.05, 0) is 78.9 Å². The summed E-state index contributed by atoms with van der Waals surface area (Å²) < 4.78 is 6.92. The van der Waals surface area contributed by atoms with Gasteiger partial charge in [0.1, 0.15) is 0 Å². The Morgan fingerprint density at radius 2 is 0.785 bits per heavy atom. The van der Waals surface area contributed by atoms with Crippen molar-refractivity contribution >= 4 is 71.1 Å². The van der Waals surface area contributed by atoms with Crippen LogP contribution in [0.5, 0.6) is 0 Å². The molecule has 0 N–H and O–H groups in total. The van der Waals surface area contributed by atoms with Crippen molar-refractivity contribution in [3.63, 3.8) is 0 Å². The minimum atomic E-state index is 0.493. The summed E-state index contributed by atoms with van der Waals surface area (Å²) in [7, 11) is 0. The topological polar surface area (TPSA) is 57.8 Å². The Morgan fingerprint density at radius 3 is 1.40 bits per heavy atom. The van der Waals surface area contributed by atoms with E-state index in [9.17, 15) is 0 Å². The molecule has 9 aromatic carbocycles. The lowest BCUT2D eigenvalue weighted by Gasteiger charge is -2.14. The van der Waals surface area contributed by atoms with E-state index in [1.54, 1.807) is 0 Å². The third-order valence-corrected chi connectivity index (χ3v) is 12.7. The maximum absolute atomic E-state index is 8.66. The summed E-state index contributed by atoms with van der Waals surface area (Å²) in [5.41, 5.74) is 12.5. The minimum absolute atomic E-state index is 0.493. The largest absolute Gasteiger partial charge is 0.318 e. The summed E-state index contributed by atoms with van der Waals surface area (Å²) in [6.07, 6.45) is 0. The van der Waals surface area contributed by atoms with E-state index in [1.165, 1.54) is 10.8 Å². The Balaban J connectivity index is 0.983. The molecule has 4 aromatic heterocycles. The molecule has 7 nitrogen and oxygen atoms in total. The molecule has 13 rings (SSSR count). The molecule has 0 unspecified atom stereocenters. The maximum Gasteiger partial charge on any atom is 0.211 e. The van der Waals surface area contributed by atoms with Gasteiger partial charge in [-0.2, -0.15) is 0 Å². The van der Waals surface area contributed by atoms with Crippen LogP contribution in [0.3, 0.4) is 0 Å². The summed E-state index contributed by atoms with van der Waals surface area (Å²) in [5.74, 6) is 1.60. The predicted octanol–water partition coefficient (Wildman–Crippen LogP) is 14.7. The summed E-state index contributed by atoms with van der Waals surface area (Å²) in [5, 5.41) is 6.97. The second kappa shape index (κ2) is 14.5. The van der Waals surface area contributed by atoms with Crippen molar-refractivity contribution in [3.8, 4) is 51.2 Å². The smallest absolute Gasteiger partial charge is 0.211 e. The van der Waals surface area contributed by atoms with Crippen molar-refractivity contribution in [1.29, 1.82) is 0 Å². The minimum Gasteiger partial charge on any atom is -0.318 e. The van der Waals surface area contributed by atoms with Gasteiger partial charge < -0.3 is 13.7 Å². The lowest BCUT2D eigenvalue weighted by atomic mass is 10.1. The van der Waals surface area contributed by atoms with Crippen molar-refractivity contribution in [2.24, 2.45) is 0 Å². The van der Waals surface area contributed by atoms with Crippen molar-refractivity contribution in [2.45, 2.75) is 0 Å². The fraction of sp³-hybridized carbons (Fsp3) is 0. The van der Waals surface area contributed by atoms with Crippen LogP contribution in [0.2, 0.25) is 0 Å². The normalized spacial score (nSPS) is 11.7. The molecular weight excluding hydrogens is 795 g/mol. The van der Waals surface area contributed by atoms with Gasteiger partial charge in [-0.15, -0.1) is 0 Å². The summed E-state index contributed by atoms with van der Waals surface area (Å²) in [6.45, 7) is 8.66. The zero-order chi connectivity index (χ0) is 43.0. The fourth-order valence-electron chi connectivity index (χ4n) is 9.87. The fourth-order valence-corrected chi connectivity index (χ4v) is 9.87. The van der Waals surface area contributed by atoms with Crippen molar-refractivity contribution in [1.82, 2.24) is 28.7 Å². The van der Waals surface area contributed by atoms with Crippen LogP contribution in [0.4, 0.5) is 5.69 Å². The van der Waals surface area contributed by atoms with Gasteiger partial charge in [0, 0.05) is 60.4 Å². The summed E-state index contributed by atoms with van der Waals surface area (Å²) in [6, 6.07) is 73.6. The monoisotopic (exact) mass is 829 g/mol. The van der Waals surface area contributed by atoms with Crippen molar-refractivity contribution in [2.75, 3.05) is 0 Å². The van der Waals surface area contributed by atoms with E-state index in [2.05, 4.69) is 188 Å². The summed E-state index contributed by atoms with van der Waals surface area (Å²) in [4.78, 5) is 19.4. The Kier molecular flexibility index (Phi) is 8.14. The highest BCUT2D eigenvalue weighted by Crippen LogP contribution is 2.44. The molecule has 0 aliphatic rings. The number of rotatable bonds is 6. The van der Waals surface area contributed by atoms with E-state index in [0.29, 0.717) is 23.2 Å². The molecule has 0 bridgehead atoms. The van der Waals surface area contributed by atoms with Gasteiger partial charge in [0.15, 0.2) is 17.5 Å². The Hall–Kier alpha value is -9.12. The molecule has 0 atom stereocenters. The van der Waals surface area contributed by atoms with Gasteiger partial charge >= 0.3 is 0 Å². The summed E-state index contributed by atoms with van der Waals surface area (Å²) >= 11 is 0. The Morgan fingerprint density at radius 1 is 0.338 bits per heavy atom. The molecule has 4 heterocycles. The second-order valence-corrected chi connectivity index (χ2v) is 16.3. The highest BCUT2D eigenvalue weighted by molar-refractivity contribution is 6.26. The maximum atomic E-state index is 8.66. The molecule has 0 spiro atoms. The van der Waals surface area contributed by atoms with E-state index in [-0.39, 0.29) is 0 Å². The van der Waals surface area contributed by atoms with E-state index in [1.807, 2.05) is 42.5 Å². The van der Waals surface area contributed by atoms with Crippen LogP contribution in [0, 0.1) is 6.57 Å². The molecule has 0 fully saturated rings. The molecule has 7 heteroatoms. The second-order valence-electron chi connectivity index (χ2n) is 16.3. The van der Waals surface area contributed by atoms with Gasteiger partial charge in [0.05, 0.1) is 45.4 Å². The van der Waals surface area contributed by atoms with Crippen LogP contribution in [0.1, 0.15) is 0 Å². The molecular formula is C58H35N7. The van der Waals surface area contributed by atoms with Crippen LogP contribution in [-0.4, -0.2) is 28.7 Å². The molecule has 0 saturated heterocycles. The van der Waals surface area contributed by atoms with E-state index >= 15 is 0 Å². The third-order valence-electron chi connectivity index (χ3n) is 12.7. The zero-order valence-corrected chi connectivity index (χ0v) is 34.8. The molecule has 0 saturated carbocycles. The molecule has 302 valence electrons. The number of nitrogens with zero attached hydrogens (tertiary/aromatic N) is 7. The highest BCUT2D eigenvalue weighted by atomic mass is 15.0. The number of hydrogen-bond donors (Lipinski definition) is 0. The molecule has 0 amide bonds. The number of aromatic nitrogens is 6. The first kappa shape index (κ1) is 36.5. The average Bonchev–Trinajstić information content (AvgIpc) is 4.02. The first-order chi connectivity index (χ1) is 32.2. The third kappa shape index (κ3) is 5.64. The Bertz CT molecular complexity index is 4010. The van der Waals surface area contributed by atoms with Gasteiger partial charge in [-0.1, -0.05) is 133 Å². The van der Waals surface area contributed by atoms with Crippen LogP contribution in [0.25, 0.3) is 121 Å². The quantitative estimate of drug-likeness (QED) is 0.157. The van der Waals surface area contributed by atoms with Gasteiger partial charge in [-0.3, -0.25) is 0 Å². The lowest BCUT2D eigenvalue weighted by Crippen LogP contribution is -2.01. The standard InChI is InChI=1S/C58H35N7/c1-59-47-36-39(30-34-52(47)65-50-26-14-10-22-44(50)45-33-35-53-54(55(45)65)46-23-11-15-27-51(46)64(53)40-18-6-3-7-19-40)58-61-56(37-16-4-2-5-17-37)60-57(62-58)38-28-31-41(32-29-38)63-48-24-12-8-20-42(48)43-21-9-13-25-49(43)63/h2-36H. The molecule has 0 aliphatic carbocycles. The van der Waals surface area contributed by atoms with Crippen LogP contribution in [-0.2, 0) is 0 Å². The van der Waals surface area contributed by atoms with Gasteiger partial charge in [-0.25, -0.2) is 19.8 Å². The van der Waals surface area contributed by atoms with Crippen molar-refractivity contribution in [3.05, 3.63) is 224 Å². The average molecular weight is 830 g/mol. The molecule has 13 aromatic rings. The number of benzene rings is 9. The highest BCUT2D eigenvalue weighted by Gasteiger charge is 2.23. The SMILES string of the molecule is [C-]#[N+]c1cc(-c2nc(-c3ccccc3)nc(-c3ccc(-n4c5ccccc5c5ccccc54)cc3)n2)ccc1-n1c2ccccc2c2ccc3c(c4ccccc4n3-c3ccccc3)c21. The van der Waals surface area contributed by atoms with Crippen LogP contribution < -0.4 is 0 Å². The van der Waals surface area contributed by atoms with Gasteiger partial charge in [0.25, 0.3) is 0 Å². The first-order valence-electron chi connectivity index (χ1n) is 21.7. The lowest BCUT2D eigenvalue weighted by molar-refractivity contribution is 1.07. The molecule has 0 aliphatic heterocycles. The van der Waals surface area contributed by atoms with E-state index < -0.39 is 0 Å². The van der Waals surface area contributed by atoms with Crippen LogP contribution >= 0.6 is 0 Å². The zero-order valence-electron chi connectivity index (χ0n) is 34.8. The van der Waals surface area contributed by atoms with E-state index in [4.69, 9.17) is 21.5 Å².